The first kappa shape index (κ1) is 19.3. The number of thiazole rings is 1. The summed E-state index contributed by atoms with van der Waals surface area (Å²) in [6.07, 6.45) is 0. The number of nitrogens with zero attached hydrogens (tertiary/aromatic N) is 3. The molecular weight excluding hydrogens is 417 g/mol. The fourth-order valence-electron chi connectivity index (χ4n) is 3.14. The van der Waals surface area contributed by atoms with Crippen molar-refractivity contribution in [3.8, 4) is 5.75 Å². The highest BCUT2D eigenvalue weighted by molar-refractivity contribution is 7.22. The lowest BCUT2D eigenvalue weighted by atomic mass is 10.2. The maximum atomic E-state index is 12.4. The number of rotatable bonds is 4. The van der Waals surface area contributed by atoms with Gasteiger partial charge >= 0.3 is 0 Å². The molecule has 1 aliphatic rings. The number of amides is 1. The van der Waals surface area contributed by atoms with Gasteiger partial charge in [-0.3, -0.25) is 4.79 Å². The average molecular weight is 436 g/mol. The van der Waals surface area contributed by atoms with Crippen molar-refractivity contribution in [2.45, 2.75) is 6.92 Å². The van der Waals surface area contributed by atoms with E-state index >= 15 is 0 Å². The Morgan fingerprint density at radius 2 is 1.82 bits per heavy atom. The SMILES string of the molecule is Cc1c(Cl)ccc2sc(N3CCN(C(=O)COc4ccc(Cl)cc4)CC3)nc12. The Bertz CT molecular complexity index is 999. The second-order valence-corrected chi connectivity index (χ2v) is 8.48. The van der Waals surface area contributed by atoms with Crippen LogP contribution in [0.15, 0.2) is 36.4 Å². The highest BCUT2D eigenvalue weighted by atomic mass is 35.5. The molecule has 1 aromatic heterocycles. The normalized spacial score (nSPS) is 14.5. The Morgan fingerprint density at radius 1 is 1.11 bits per heavy atom. The zero-order valence-corrected chi connectivity index (χ0v) is 17.7. The van der Waals surface area contributed by atoms with Gasteiger partial charge in [-0.25, -0.2) is 4.98 Å². The van der Waals surface area contributed by atoms with Gasteiger partial charge in [0.1, 0.15) is 5.75 Å². The molecule has 4 rings (SSSR count). The summed E-state index contributed by atoms with van der Waals surface area (Å²) in [5.41, 5.74) is 1.97. The van der Waals surface area contributed by atoms with E-state index in [9.17, 15) is 4.79 Å². The lowest BCUT2D eigenvalue weighted by Crippen LogP contribution is -2.50. The molecule has 0 atom stereocenters. The van der Waals surface area contributed by atoms with Crippen molar-refractivity contribution in [3.05, 3.63) is 52.0 Å². The van der Waals surface area contributed by atoms with Crippen LogP contribution in [0.3, 0.4) is 0 Å². The number of piperazine rings is 1. The molecule has 28 heavy (non-hydrogen) atoms. The first-order valence-electron chi connectivity index (χ1n) is 8.98. The zero-order valence-electron chi connectivity index (χ0n) is 15.3. The standard InChI is InChI=1S/C20H19Cl2N3O2S/c1-13-16(22)6-7-17-19(13)23-20(28-17)25-10-8-24(9-11-25)18(26)12-27-15-4-2-14(21)3-5-15/h2-7H,8-12H2,1H3. The van der Waals surface area contributed by atoms with Crippen LogP contribution in [0.2, 0.25) is 10.0 Å². The Hall–Kier alpha value is -2.02. The average Bonchev–Trinajstić information content (AvgIpc) is 3.15. The molecule has 8 heteroatoms. The summed E-state index contributed by atoms with van der Waals surface area (Å²) in [4.78, 5) is 21.3. The molecule has 0 saturated carbocycles. The largest absolute Gasteiger partial charge is 0.484 e. The van der Waals surface area contributed by atoms with Gasteiger partial charge in [0.2, 0.25) is 0 Å². The van der Waals surface area contributed by atoms with Gasteiger partial charge in [-0.2, -0.15) is 0 Å². The number of halogens is 2. The summed E-state index contributed by atoms with van der Waals surface area (Å²) < 4.78 is 6.70. The fourth-order valence-corrected chi connectivity index (χ4v) is 4.49. The summed E-state index contributed by atoms with van der Waals surface area (Å²) in [6.45, 7) is 4.82. The van der Waals surface area contributed by atoms with Crippen molar-refractivity contribution < 1.29 is 9.53 Å². The minimum atomic E-state index is -0.0125. The van der Waals surface area contributed by atoms with E-state index in [-0.39, 0.29) is 12.5 Å². The summed E-state index contributed by atoms with van der Waals surface area (Å²) in [6, 6.07) is 10.9. The number of fused-ring (bicyclic) bond motifs is 1. The van der Waals surface area contributed by atoms with E-state index in [1.54, 1.807) is 35.6 Å². The molecule has 0 radical (unpaired) electrons. The smallest absolute Gasteiger partial charge is 0.260 e. The van der Waals surface area contributed by atoms with Crippen molar-refractivity contribution in [2.24, 2.45) is 0 Å². The summed E-state index contributed by atoms with van der Waals surface area (Å²) in [7, 11) is 0. The molecule has 3 aromatic rings. The quantitative estimate of drug-likeness (QED) is 0.598. The first-order chi connectivity index (χ1) is 13.5. The van der Waals surface area contributed by atoms with E-state index in [1.807, 2.05) is 24.0 Å². The minimum absolute atomic E-state index is 0.0125. The van der Waals surface area contributed by atoms with Crippen LogP contribution in [0.5, 0.6) is 5.75 Å². The number of carbonyl (C=O) groups is 1. The van der Waals surface area contributed by atoms with Crippen LogP contribution >= 0.6 is 34.5 Å². The zero-order chi connectivity index (χ0) is 19.7. The van der Waals surface area contributed by atoms with Crippen LogP contribution in [0, 0.1) is 6.92 Å². The van der Waals surface area contributed by atoms with Crippen molar-refractivity contribution in [1.82, 2.24) is 9.88 Å². The lowest BCUT2D eigenvalue weighted by molar-refractivity contribution is -0.133. The Balaban J connectivity index is 1.34. The third kappa shape index (κ3) is 4.04. The summed E-state index contributed by atoms with van der Waals surface area (Å²) in [5, 5.41) is 2.35. The van der Waals surface area contributed by atoms with E-state index in [4.69, 9.17) is 32.9 Å². The lowest BCUT2D eigenvalue weighted by Gasteiger charge is -2.34. The van der Waals surface area contributed by atoms with Crippen LogP contribution in [0.25, 0.3) is 10.2 Å². The number of hydrogen-bond donors (Lipinski definition) is 0. The highest BCUT2D eigenvalue weighted by Gasteiger charge is 2.23. The predicted molar refractivity (Wildman–Crippen MR) is 115 cm³/mol. The van der Waals surface area contributed by atoms with E-state index in [1.165, 1.54) is 0 Å². The third-order valence-corrected chi connectivity index (χ3v) is 6.56. The number of carbonyl (C=O) groups excluding carboxylic acids is 1. The molecule has 146 valence electrons. The molecule has 1 saturated heterocycles. The van der Waals surface area contributed by atoms with Crippen LogP contribution in [0.1, 0.15) is 5.56 Å². The van der Waals surface area contributed by atoms with E-state index in [0.717, 1.165) is 39.0 Å². The van der Waals surface area contributed by atoms with E-state index in [0.29, 0.717) is 23.9 Å². The molecule has 0 aliphatic carbocycles. The minimum Gasteiger partial charge on any atom is -0.484 e. The van der Waals surface area contributed by atoms with Gasteiger partial charge in [0.15, 0.2) is 11.7 Å². The summed E-state index contributed by atoms with van der Waals surface area (Å²) in [5.74, 6) is 0.626. The molecule has 0 bridgehead atoms. The number of hydrogen-bond acceptors (Lipinski definition) is 5. The van der Waals surface area contributed by atoms with Crippen molar-refractivity contribution in [3.63, 3.8) is 0 Å². The Labute approximate surface area is 177 Å². The van der Waals surface area contributed by atoms with Gasteiger partial charge in [0.05, 0.1) is 10.2 Å². The maximum Gasteiger partial charge on any atom is 0.260 e. The molecule has 2 aromatic carbocycles. The number of ether oxygens (including phenoxy) is 1. The first-order valence-corrected chi connectivity index (χ1v) is 10.6. The molecule has 1 amide bonds. The predicted octanol–water partition coefficient (Wildman–Crippen LogP) is 4.64. The van der Waals surface area contributed by atoms with Crippen LogP contribution in [-0.2, 0) is 4.79 Å². The second kappa shape index (κ2) is 8.15. The molecule has 0 unspecified atom stereocenters. The van der Waals surface area contributed by atoms with Gasteiger partial charge in [0.25, 0.3) is 5.91 Å². The maximum absolute atomic E-state index is 12.4. The van der Waals surface area contributed by atoms with Crippen LogP contribution in [-0.4, -0.2) is 48.6 Å². The van der Waals surface area contributed by atoms with Gasteiger partial charge in [-0.15, -0.1) is 0 Å². The third-order valence-electron chi connectivity index (χ3n) is 4.82. The van der Waals surface area contributed by atoms with Crippen molar-refractivity contribution >= 4 is 55.8 Å². The second-order valence-electron chi connectivity index (χ2n) is 6.63. The van der Waals surface area contributed by atoms with Crippen molar-refractivity contribution in [2.75, 3.05) is 37.7 Å². The van der Waals surface area contributed by atoms with E-state index in [2.05, 4.69) is 4.90 Å². The Kier molecular flexibility index (Phi) is 5.62. The van der Waals surface area contributed by atoms with Gasteiger partial charge in [-0.05, 0) is 48.9 Å². The van der Waals surface area contributed by atoms with E-state index < -0.39 is 0 Å². The number of anilines is 1. The van der Waals surface area contributed by atoms with Gasteiger partial charge < -0.3 is 14.5 Å². The van der Waals surface area contributed by atoms with Crippen molar-refractivity contribution in [1.29, 1.82) is 0 Å². The highest BCUT2D eigenvalue weighted by Crippen LogP contribution is 2.33. The van der Waals surface area contributed by atoms with Crippen LogP contribution in [0.4, 0.5) is 5.13 Å². The molecule has 5 nitrogen and oxygen atoms in total. The topological polar surface area (TPSA) is 45.7 Å². The summed E-state index contributed by atoms with van der Waals surface area (Å²) >= 11 is 13.7. The number of benzene rings is 2. The Morgan fingerprint density at radius 3 is 2.54 bits per heavy atom. The van der Waals surface area contributed by atoms with Gasteiger partial charge in [-0.1, -0.05) is 34.5 Å². The monoisotopic (exact) mass is 435 g/mol. The molecule has 1 fully saturated rings. The number of aromatic nitrogens is 1. The van der Waals surface area contributed by atoms with Crippen LogP contribution < -0.4 is 9.64 Å². The number of aryl methyl sites for hydroxylation is 1. The molecule has 1 aliphatic heterocycles. The fraction of sp³-hybridized carbons (Fsp3) is 0.300. The molecule has 0 spiro atoms. The molecule has 0 N–H and O–H groups in total. The molecular formula is C20H19Cl2N3O2S. The van der Waals surface area contributed by atoms with Gasteiger partial charge in [0, 0.05) is 36.2 Å². The molecule has 2 heterocycles.